The van der Waals surface area contributed by atoms with Gasteiger partial charge in [0.05, 0.1) is 50.7 Å². The van der Waals surface area contributed by atoms with E-state index in [4.69, 9.17) is 33.2 Å². The Bertz CT molecular complexity index is 1720. The Morgan fingerprint density at radius 1 is 0.647 bits per heavy atom. The summed E-state index contributed by atoms with van der Waals surface area (Å²) in [5.41, 5.74) is 0. The van der Waals surface area contributed by atoms with Gasteiger partial charge in [-0.25, -0.2) is 9.59 Å². The van der Waals surface area contributed by atoms with Crippen LogP contribution in [-0.4, -0.2) is 290 Å². The van der Waals surface area contributed by atoms with Crippen molar-refractivity contribution < 1.29 is 144 Å². The second-order valence-corrected chi connectivity index (χ2v) is 16.3. The van der Waals surface area contributed by atoms with Gasteiger partial charge in [-0.05, 0) is 0 Å². The van der Waals surface area contributed by atoms with E-state index in [9.17, 15) is 111 Å². The van der Waals surface area contributed by atoms with Crippen LogP contribution in [-0.2, 0) is 57.1 Å². The second kappa shape index (κ2) is 24.1. The molecule has 0 bridgehead atoms. The van der Waals surface area contributed by atoms with Crippen LogP contribution in [0.2, 0.25) is 0 Å². The largest absolute Gasteiger partial charge is 0.477 e. The van der Waals surface area contributed by atoms with Crippen LogP contribution < -0.4 is 16.0 Å². The molecule has 1 unspecified atom stereocenters. The minimum atomic E-state index is -3.31. The van der Waals surface area contributed by atoms with Gasteiger partial charge in [0.15, 0.2) is 12.6 Å². The van der Waals surface area contributed by atoms with E-state index in [1.807, 2.05) is 10.6 Å². The average molecular weight is 998 g/mol. The molecule has 20 N–H and O–H groups in total. The molecule has 4 aliphatic rings. The van der Waals surface area contributed by atoms with Crippen molar-refractivity contribution in [1.82, 2.24) is 16.0 Å². The van der Waals surface area contributed by atoms with E-state index in [1.165, 1.54) is 0 Å². The van der Waals surface area contributed by atoms with Gasteiger partial charge in [0.1, 0.15) is 98.6 Å². The van der Waals surface area contributed by atoms with Crippen LogP contribution in [0.25, 0.3) is 0 Å². The molecule has 0 aromatic rings. The number of aliphatic hydroxyl groups is 15. The van der Waals surface area contributed by atoms with Crippen LogP contribution in [0, 0.1) is 0 Å². The van der Waals surface area contributed by atoms with Crippen molar-refractivity contribution in [3.63, 3.8) is 0 Å². The number of aliphatic carboxylic acids is 2. The monoisotopic (exact) mass is 997 g/mol. The molecular formula is C36H59N3O29. The molecule has 32 heteroatoms. The molecule has 4 fully saturated rings. The summed E-state index contributed by atoms with van der Waals surface area (Å²) in [7, 11) is 0. The molecule has 392 valence electrons. The molecule has 4 aliphatic heterocycles. The molecule has 32 nitrogen and oxygen atoms in total. The second-order valence-electron chi connectivity index (χ2n) is 16.3. The number of hydrogen-bond donors (Lipinski definition) is 20. The molecule has 0 radical (unpaired) electrons. The van der Waals surface area contributed by atoms with Crippen molar-refractivity contribution >= 4 is 29.7 Å². The molecule has 68 heavy (non-hydrogen) atoms. The number of amides is 3. The number of nitrogens with one attached hydrogen (secondary N) is 3. The highest BCUT2D eigenvalue weighted by atomic mass is 16.8. The Balaban J connectivity index is 1.66. The minimum absolute atomic E-state index is 0.754. The van der Waals surface area contributed by atoms with E-state index in [2.05, 4.69) is 5.32 Å². The zero-order valence-electron chi connectivity index (χ0n) is 35.7. The van der Waals surface area contributed by atoms with Crippen molar-refractivity contribution in [1.29, 1.82) is 0 Å². The summed E-state index contributed by atoms with van der Waals surface area (Å²) >= 11 is 0. The van der Waals surface area contributed by atoms with Crippen molar-refractivity contribution in [2.45, 2.75) is 154 Å². The summed E-state index contributed by atoms with van der Waals surface area (Å²) in [5.74, 6) is -14.1. The van der Waals surface area contributed by atoms with Crippen LogP contribution in [0.3, 0.4) is 0 Å². The SMILES string of the molecule is CC(=O)N[C@H]1C(O)O[C@H](CO)[C@@H](O[C@@H]2O[C@H](CO[C@]3(C(=O)O)C[C@H](O)[C@@H](NC(=O)CO)[C@H]([C@H](O)[C@@H](CO)O[C@]4(C(=O)O)C[C@H](O)[C@@H](NC(=O)CO)[C@H]([C@H](O)[C@H](O)CO)O4)O3)[C@H](O)[C@H](O)[C@H]2O)[C@@H]1O. The van der Waals surface area contributed by atoms with Crippen LogP contribution in [0.15, 0.2) is 0 Å². The molecule has 22 atom stereocenters. The fourth-order valence-corrected chi connectivity index (χ4v) is 8.04. The van der Waals surface area contributed by atoms with Crippen LogP contribution >= 0.6 is 0 Å². The lowest BCUT2D eigenvalue weighted by Crippen LogP contribution is -2.71. The van der Waals surface area contributed by atoms with Gasteiger partial charge in [0, 0.05) is 19.8 Å². The van der Waals surface area contributed by atoms with E-state index in [0.29, 0.717) is 0 Å². The van der Waals surface area contributed by atoms with Gasteiger partial charge in [-0.15, -0.1) is 0 Å². The van der Waals surface area contributed by atoms with Gasteiger partial charge in [0.2, 0.25) is 17.7 Å². The number of carbonyl (C=O) groups excluding carboxylic acids is 3. The topological polar surface area (TPSA) is 530 Å². The van der Waals surface area contributed by atoms with Gasteiger partial charge in [-0.1, -0.05) is 0 Å². The standard InChI is InChI=1S/C36H59N3O29/c1-10(45)37-21-25(54)28(15(6-42)63-31(21)57)65-32-27(56)26(55)23(52)16(64-32)9-62-35(33(58)59)2-11(46)20(39-18(50)8-44)30(67-35)24(53)14(5-41)66-36(34(60)61)3-12(47)19(38-17(49)7-43)29(68-36)22(51)13(48)4-40/h11-16,19-32,40-44,46-48,51-57H,2-9H2,1H3,(H,37,45)(H,38,49)(H,39,50)(H,58,59)(H,60,61)/t11-,12-,13+,14+,15+,16+,19+,20+,21+,22+,23-,24+,25+,26-,27+,28+,29+,30+,31?,32-,35+,36+/m0/s1. The number of carboxylic acid groups (broad SMARTS) is 2. The maximum atomic E-state index is 13.0. The molecule has 3 amide bonds. The van der Waals surface area contributed by atoms with Gasteiger partial charge < -0.3 is 136 Å². The first kappa shape index (κ1) is 57.1. The summed E-state index contributed by atoms with van der Waals surface area (Å²) in [4.78, 5) is 62.1. The maximum Gasteiger partial charge on any atom is 0.364 e. The maximum absolute atomic E-state index is 13.0. The molecule has 0 aliphatic carbocycles. The van der Waals surface area contributed by atoms with Crippen LogP contribution in [0.5, 0.6) is 0 Å². The fourth-order valence-electron chi connectivity index (χ4n) is 8.04. The van der Waals surface area contributed by atoms with E-state index in [0.717, 1.165) is 6.92 Å². The Morgan fingerprint density at radius 3 is 1.66 bits per heavy atom. The predicted molar refractivity (Wildman–Crippen MR) is 206 cm³/mol. The third-order valence-corrected chi connectivity index (χ3v) is 11.6. The summed E-state index contributed by atoms with van der Waals surface area (Å²) in [6.45, 7) is -6.31. The highest BCUT2D eigenvalue weighted by Gasteiger charge is 2.61. The summed E-state index contributed by atoms with van der Waals surface area (Å²) in [5, 5.41) is 184. The van der Waals surface area contributed by atoms with E-state index < -0.39 is 216 Å². The lowest BCUT2D eigenvalue weighted by atomic mass is 9.87. The lowest BCUT2D eigenvalue weighted by molar-refractivity contribution is -0.362. The summed E-state index contributed by atoms with van der Waals surface area (Å²) < 4.78 is 38.6. The van der Waals surface area contributed by atoms with Crippen LogP contribution in [0.1, 0.15) is 19.8 Å². The number of carbonyl (C=O) groups is 5. The van der Waals surface area contributed by atoms with Crippen molar-refractivity contribution in [2.24, 2.45) is 0 Å². The minimum Gasteiger partial charge on any atom is -0.477 e. The summed E-state index contributed by atoms with van der Waals surface area (Å²) in [6, 6.07) is -5.45. The normalized spacial score (nSPS) is 40.5. The van der Waals surface area contributed by atoms with Crippen LogP contribution in [0.4, 0.5) is 0 Å². The third-order valence-electron chi connectivity index (χ3n) is 11.6. The molecule has 4 heterocycles. The van der Waals surface area contributed by atoms with Crippen molar-refractivity contribution in [2.75, 3.05) is 39.6 Å². The molecule has 0 saturated carbocycles. The highest BCUT2D eigenvalue weighted by molar-refractivity contribution is 5.79. The molecular weight excluding hydrogens is 938 g/mol. The van der Waals surface area contributed by atoms with Gasteiger partial charge in [-0.2, -0.15) is 0 Å². The smallest absolute Gasteiger partial charge is 0.364 e. The third kappa shape index (κ3) is 12.5. The zero-order chi connectivity index (χ0) is 51.2. The Kier molecular flexibility index (Phi) is 20.2. The Hall–Kier alpha value is -3.53. The molecule has 0 aromatic heterocycles. The Labute approximate surface area is 382 Å². The quantitative estimate of drug-likeness (QED) is 0.0508. The zero-order valence-corrected chi connectivity index (χ0v) is 35.7. The molecule has 0 aromatic carbocycles. The van der Waals surface area contributed by atoms with Gasteiger partial charge >= 0.3 is 11.9 Å². The average Bonchev–Trinajstić information content (AvgIpc) is 3.30. The fraction of sp³-hybridized carbons (Fsp3) is 0.861. The highest BCUT2D eigenvalue weighted by Crippen LogP contribution is 2.39. The first-order valence-corrected chi connectivity index (χ1v) is 20.7. The van der Waals surface area contributed by atoms with Gasteiger partial charge in [0.25, 0.3) is 11.6 Å². The van der Waals surface area contributed by atoms with Crippen molar-refractivity contribution in [3.8, 4) is 0 Å². The van der Waals surface area contributed by atoms with E-state index in [1.54, 1.807) is 0 Å². The number of hydrogen-bond acceptors (Lipinski definition) is 27. The van der Waals surface area contributed by atoms with E-state index in [-0.39, 0.29) is 0 Å². The first-order valence-electron chi connectivity index (χ1n) is 20.7. The molecule has 4 rings (SSSR count). The number of carboxylic acids is 2. The van der Waals surface area contributed by atoms with E-state index >= 15 is 0 Å². The number of rotatable bonds is 21. The van der Waals surface area contributed by atoms with Crippen molar-refractivity contribution in [3.05, 3.63) is 0 Å². The lowest BCUT2D eigenvalue weighted by Gasteiger charge is -2.50. The number of aliphatic hydroxyl groups excluding tert-OH is 15. The predicted octanol–water partition coefficient (Wildman–Crippen LogP) is -13.0. The number of ether oxygens (including phenoxy) is 7. The molecule has 0 spiro atoms. The first-order chi connectivity index (χ1) is 31.8. The summed E-state index contributed by atoms with van der Waals surface area (Å²) in [6.07, 6.45) is -38.8. The Morgan fingerprint density at radius 2 is 1.18 bits per heavy atom. The van der Waals surface area contributed by atoms with Gasteiger partial charge in [-0.3, -0.25) is 14.4 Å². The molecule has 4 saturated heterocycles.